The minimum absolute atomic E-state index is 0. The number of nitrogens with one attached hydrogen (secondary N) is 1. The van der Waals surface area contributed by atoms with E-state index in [9.17, 15) is 4.79 Å². The maximum Gasteiger partial charge on any atom is 0.234 e. The van der Waals surface area contributed by atoms with Crippen molar-refractivity contribution < 1.29 is 14.3 Å². The van der Waals surface area contributed by atoms with Gasteiger partial charge in [0.25, 0.3) is 0 Å². The number of nitrogens with two attached hydrogens (primary N) is 1. The van der Waals surface area contributed by atoms with Crippen LogP contribution in [0.5, 0.6) is 11.5 Å². The fraction of sp³-hybridized carbons (Fsp3) is 0.533. The van der Waals surface area contributed by atoms with Gasteiger partial charge in [0.1, 0.15) is 0 Å². The van der Waals surface area contributed by atoms with Crippen molar-refractivity contribution in [3.05, 3.63) is 23.8 Å². The number of benzene rings is 1. The Balaban J connectivity index is 0.00000400. The van der Waals surface area contributed by atoms with Crippen molar-refractivity contribution >= 4 is 18.3 Å². The molecule has 1 rings (SSSR count). The van der Waals surface area contributed by atoms with Crippen LogP contribution in [-0.4, -0.2) is 26.2 Å². The lowest BCUT2D eigenvalue weighted by Gasteiger charge is -2.13. The number of ether oxygens (including phenoxy) is 2. The highest BCUT2D eigenvalue weighted by atomic mass is 35.5. The first-order valence-electron chi connectivity index (χ1n) is 6.83. The van der Waals surface area contributed by atoms with Crippen LogP contribution in [0.2, 0.25) is 0 Å². The van der Waals surface area contributed by atoms with Gasteiger partial charge >= 0.3 is 0 Å². The molecule has 0 bridgehead atoms. The molecule has 1 aromatic carbocycles. The average Bonchev–Trinajstić information content (AvgIpc) is 2.45. The summed E-state index contributed by atoms with van der Waals surface area (Å²) in [6, 6.07) is 5.63. The van der Waals surface area contributed by atoms with E-state index in [0.717, 1.165) is 17.7 Å². The van der Waals surface area contributed by atoms with Gasteiger partial charge in [-0.25, -0.2) is 0 Å². The molecule has 3 N–H and O–H groups in total. The third-order valence-corrected chi connectivity index (χ3v) is 2.86. The van der Waals surface area contributed by atoms with E-state index >= 15 is 0 Å². The van der Waals surface area contributed by atoms with Gasteiger partial charge in [0.2, 0.25) is 5.91 Å². The fourth-order valence-corrected chi connectivity index (χ4v) is 1.62. The molecule has 0 saturated heterocycles. The molecule has 0 fully saturated rings. The van der Waals surface area contributed by atoms with E-state index in [2.05, 4.69) is 19.2 Å². The molecule has 0 unspecified atom stereocenters. The molecule has 0 heterocycles. The van der Waals surface area contributed by atoms with Crippen LogP contribution < -0.4 is 20.5 Å². The van der Waals surface area contributed by atoms with Crippen molar-refractivity contribution in [3.8, 4) is 11.5 Å². The summed E-state index contributed by atoms with van der Waals surface area (Å²) in [6.45, 7) is 5.40. The molecule has 0 spiro atoms. The molecule has 120 valence electrons. The van der Waals surface area contributed by atoms with Crippen LogP contribution >= 0.6 is 12.4 Å². The minimum atomic E-state index is -0.179. The number of hydrogen-bond acceptors (Lipinski definition) is 4. The van der Waals surface area contributed by atoms with Crippen molar-refractivity contribution in [2.45, 2.75) is 26.8 Å². The van der Waals surface area contributed by atoms with E-state index in [1.807, 2.05) is 18.2 Å². The third-order valence-electron chi connectivity index (χ3n) is 2.86. The van der Waals surface area contributed by atoms with Gasteiger partial charge in [0.15, 0.2) is 11.5 Å². The number of halogens is 1. The zero-order chi connectivity index (χ0) is 15.0. The molecular formula is C15H25ClN2O3. The quantitative estimate of drug-likeness (QED) is 0.770. The summed E-state index contributed by atoms with van der Waals surface area (Å²) in [6.07, 6.45) is 0.997. The molecule has 0 aromatic heterocycles. The Labute approximate surface area is 132 Å². The average molecular weight is 317 g/mol. The normalized spacial score (nSPS) is 9.95. The van der Waals surface area contributed by atoms with E-state index < -0.39 is 0 Å². The van der Waals surface area contributed by atoms with Crippen LogP contribution in [0.4, 0.5) is 0 Å². The van der Waals surface area contributed by atoms with Crippen LogP contribution in [0.3, 0.4) is 0 Å². The molecule has 0 atom stereocenters. The maximum absolute atomic E-state index is 11.1. The fourth-order valence-electron chi connectivity index (χ4n) is 1.62. The van der Waals surface area contributed by atoms with Gasteiger partial charge in [-0.15, -0.1) is 12.4 Å². The Bertz CT molecular complexity index is 439. The van der Waals surface area contributed by atoms with Crippen molar-refractivity contribution in [1.29, 1.82) is 0 Å². The zero-order valence-electron chi connectivity index (χ0n) is 12.8. The van der Waals surface area contributed by atoms with Crippen LogP contribution in [0.25, 0.3) is 0 Å². The molecule has 0 aliphatic rings. The highest BCUT2D eigenvalue weighted by Crippen LogP contribution is 2.28. The Hall–Kier alpha value is -1.46. The number of amides is 1. The lowest BCUT2D eigenvalue weighted by atomic mass is 10.1. The largest absolute Gasteiger partial charge is 0.493 e. The monoisotopic (exact) mass is 316 g/mol. The number of carbonyl (C=O) groups is 1. The molecule has 0 aliphatic carbocycles. The summed E-state index contributed by atoms with van der Waals surface area (Å²) in [5.41, 5.74) is 6.18. The third kappa shape index (κ3) is 7.20. The lowest BCUT2D eigenvalue weighted by molar-refractivity contribution is -0.119. The minimum Gasteiger partial charge on any atom is -0.493 e. The SMILES string of the molecule is COc1cc(CNC(=O)CN)ccc1OCCC(C)C.Cl. The van der Waals surface area contributed by atoms with E-state index in [1.54, 1.807) is 7.11 Å². The number of methoxy groups -OCH3 is 1. The molecule has 6 heteroatoms. The van der Waals surface area contributed by atoms with Gasteiger partial charge in [-0.05, 0) is 30.0 Å². The molecule has 21 heavy (non-hydrogen) atoms. The van der Waals surface area contributed by atoms with Crippen molar-refractivity contribution in [3.63, 3.8) is 0 Å². The Morgan fingerprint density at radius 2 is 2.05 bits per heavy atom. The number of carbonyl (C=O) groups excluding carboxylic acids is 1. The Morgan fingerprint density at radius 1 is 1.33 bits per heavy atom. The number of hydrogen-bond donors (Lipinski definition) is 2. The predicted octanol–water partition coefficient (Wildman–Crippen LogP) is 2.12. The van der Waals surface area contributed by atoms with Crippen LogP contribution in [0.1, 0.15) is 25.8 Å². The second-order valence-corrected chi connectivity index (χ2v) is 5.00. The first-order chi connectivity index (χ1) is 9.56. The summed E-state index contributed by atoms with van der Waals surface area (Å²) in [5, 5.41) is 2.72. The van der Waals surface area contributed by atoms with Gasteiger partial charge in [0.05, 0.1) is 20.3 Å². The van der Waals surface area contributed by atoms with Gasteiger partial charge in [0, 0.05) is 6.54 Å². The summed E-state index contributed by atoms with van der Waals surface area (Å²) < 4.78 is 11.0. The van der Waals surface area contributed by atoms with Gasteiger partial charge in [-0.1, -0.05) is 19.9 Å². The van der Waals surface area contributed by atoms with Crippen molar-refractivity contribution in [1.82, 2.24) is 5.32 Å². The van der Waals surface area contributed by atoms with Gasteiger partial charge in [-0.3, -0.25) is 4.79 Å². The molecule has 1 aromatic rings. The van der Waals surface area contributed by atoms with E-state index in [-0.39, 0.29) is 24.9 Å². The summed E-state index contributed by atoms with van der Waals surface area (Å²) >= 11 is 0. The smallest absolute Gasteiger partial charge is 0.234 e. The number of rotatable bonds is 8. The zero-order valence-corrected chi connectivity index (χ0v) is 13.7. The second kappa shape index (κ2) is 10.3. The highest BCUT2D eigenvalue weighted by Gasteiger charge is 2.07. The van der Waals surface area contributed by atoms with Gasteiger partial charge < -0.3 is 20.5 Å². The van der Waals surface area contributed by atoms with Crippen LogP contribution in [0.15, 0.2) is 18.2 Å². The topological polar surface area (TPSA) is 73.6 Å². The summed E-state index contributed by atoms with van der Waals surface area (Å²) in [4.78, 5) is 11.1. The van der Waals surface area contributed by atoms with E-state index in [1.165, 1.54) is 0 Å². The second-order valence-electron chi connectivity index (χ2n) is 5.00. The first kappa shape index (κ1) is 19.5. The molecule has 5 nitrogen and oxygen atoms in total. The standard InChI is InChI=1S/C15H24N2O3.ClH/c1-11(2)6-7-20-13-5-4-12(8-14(13)19-3)10-17-15(18)9-16;/h4-5,8,11H,6-7,9-10,16H2,1-3H3,(H,17,18);1H. The first-order valence-corrected chi connectivity index (χ1v) is 6.83. The molecule has 0 radical (unpaired) electrons. The maximum atomic E-state index is 11.1. The molecular weight excluding hydrogens is 292 g/mol. The summed E-state index contributed by atoms with van der Waals surface area (Å²) in [7, 11) is 1.60. The van der Waals surface area contributed by atoms with Gasteiger partial charge in [-0.2, -0.15) is 0 Å². The molecule has 0 saturated carbocycles. The molecule has 1 amide bonds. The van der Waals surface area contributed by atoms with Crippen LogP contribution in [-0.2, 0) is 11.3 Å². The predicted molar refractivity (Wildman–Crippen MR) is 86.1 cm³/mol. The Morgan fingerprint density at radius 3 is 2.62 bits per heavy atom. The Kier molecular flexibility index (Phi) is 9.58. The van der Waals surface area contributed by atoms with E-state index in [0.29, 0.717) is 24.8 Å². The lowest BCUT2D eigenvalue weighted by Crippen LogP contribution is -2.29. The van der Waals surface area contributed by atoms with Crippen molar-refractivity contribution in [2.24, 2.45) is 11.7 Å². The summed E-state index contributed by atoms with van der Waals surface area (Å²) in [5.74, 6) is 1.82. The highest BCUT2D eigenvalue weighted by molar-refractivity contribution is 5.85. The van der Waals surface area contributed by atoms with Crippen molar-refractivity contribution in [2.75, 3.05) is 20.3 Å². The van der Waals surface area contributed by atoms with Crippen LogP contribution in [0, 0.1) is 5.92 Å². The van der Waals surface area contributed by atoms with E-state index in [4.69, 9.17) is 15.2 Å². The molecule has 0 aliphatic heterocycles.